The standard InChI is InChI=1S/C14H22FN3OS.HI/c1-16-14(17-7-3-4-8-20-2)18-10-11-5-6-13(19)12(15)9-11;/h5-6,9,19H,3-4,7-8,10H2,1-2H3,(H2,16,17,18);1H. The molecule has 0 spiro atoms. The Morgan fingerprint density at radius 3 is 2.71 bits per heavy atom. The van der Waals surface area contributed by atoms with Crippen LogP contribution >= 0.6 is 35.7 Å². The van der Waals surface area contributed by atoms with Gasteiger partial charge in [-0.15, -0.1) is 24.0 Å². The van der Waals surface area contributed by atoms with E-state index in [1.165, 1.54) is 24.3 Å². The summed E-state index contributed by atoms with van der Waals surface area (Å²) in [5.74, 6) is 0.928. The highest BCUT2D eigenvalue weighted by Crippen LogP contribution is 2.15. The molecule has 0 atom stereocenters. The molecule has 0 aliphatic carbocycles. The van der Waals surface area contributed by atoms with Gasteiger partial charge >= 0.3 is 0 Å². The molecule has 3 N–H and O–H groups in total. The smallest absolute Gasteiger partial charge is 0.191 e. The molecule has 0 bridgehead atoms. The predicted octanol–water partition coefficient (Wildman–Crippen LogP) is 2.96. The van der Waals surface area contributed by atoms with Crippen LogP contribution in [-0.4, -0.2) is 36.7 Å². The molecule has 0 aromatic heterocycles. The van der Waals surface area contributed by atoms with E-state index in [0.717, 1.165) is 18.5 Å². The van der Waals surface area contributed by atoms with Gasteiger partial charge in [0.15, 0.2) is 17.5 Å². The number of nitrogens with one attached hydrogen (secondary N) is 2. The van der Waals surface area contributed by atoms with Crippen molar-refractivity contribution in [1.29, 1.82) is 0 Å². The highest BCUT2D eigenvalue weighted by atomic mass is 127. The fourth-order valence-electron chi connectivity index (χ4n) is 1.64. The van der Waals surface area contributed by atoms with Gasteiger partial charge in [0.2, 0.25) is 0 Å². The average molecular weight is 427 g/mol. The number of hydrogen-bond acceptors (Lipinski definition) is 3. The summed E-state index contributed by atoms with van der Waals surface area (Å²) in [7, 11) is 1.70. The van der Waals surface area contributed by atoms with Gasteiger partial charge in [-0.3, -0.25) is 4.99 Å². The van der Waals surface area contributed by atoms with E-state index in [-0.39, 0.29) is 29.7 Å². The summed E-state index contributed by atoms with van der Waals surface area (Å²) in [6.07, 6.45) is 4.37. The number of nitrogens with zero attached hydrogens (tertiary/aromatic N) is 1. The summed E-state index contributed by atoms with van der Waals surface area (Å²) in [6.45, 7) is 1.33. The van der Waals surface area contributed by atoms with Gasteiger partial charge in [0.25, 0.3) is 0 Å². The zero-order valence-electron chi connectivity index (χ0n) is 12.4. The lowest BCUT2D eigenvalue weighted by Crippen LogP contribution is -2.37. The highest BCUT2D eigenvalue weighted by molar-refractivity contribution is 14.0. The third-order valence-electron chi connectivity index (χ3n) is 2.76. The quantitative estimate of drug-likeness (QED) is 0.271. The normalized spacial score (nSPS) is 10.9. The first-order chi connectivity index (χ1) is 9.67. The SMILES string of the molecule is CN=C(NCCCCSC)NCc1ccc(O)c(F)c1.I. The summed E-state index contributed by atoms with van der Waals surface area (Å²) < 4.78 is 13.2. The average Bonchev–Trinajstić information content (AvgIpc) is 2.45. The minimum absolute atomic E-state index is 0. The highest BCUT2D eigenvalue weighted by Gasteiger charge is 2.02. The van der Waals surface area contributed by atoms with Gasteiger partial charge < -0.3 is 15.7 Å². The second kappa shape index (κ2) is 11.9. The molecule has 0 aliphatic rings. The predicted molar refractivity (Wildman–Crippen MR) is 99.3 cm³/mol. The minimum Gasteiger partial charge on any atom is -0.505 e. The Hall–Kier alpha value is -0.700. The number of benzene rings is 1. The van der Waals surface area contributed by atoms with Gasteiger partial charge in [-0.05, 0) is 42.5 Å². The van der Waals surface area contributed by atoms with Gasteiger partial charge in [0.1, 0.15) is 0 Å². The van der Waals surface area contributed by atoms with E-state index in [0.29, 0.717) is 12.5 Å². The fraction of sp³-hybridized carbons (Fsp3) is 0.500. The molecule has 1 rings (SSSR count). The van der Waals surface area contributed by atoms with E-state index in [4.69, 9.17) is 5.11 Å². The molecule has 21 heavy (non-hydrogen) atoms. The molecular formula is C14H23FIN3OS. The van der Waals surface area contributed by atoms with E-state index in [2.05, 4.69) is 21.9 Å². The number of aliphatic imine (C=N–C) groups is 1. The summed E-state index contributed by atoms with van der Waals surface area (Å²) in [5.41, 5.74) is 0.755. The van der Waals surface area contributed by atoms with Crippen molar-refractivity contribution in [2.24, 2.45) is 4.99 Å². The van der Waals surface area contributed by atoms with E-state index in [9.17, 15) is 4.39 Å². The summed E-state index contributed by atoms with van der Waals surface area (Å²) >= 11 is 1.85. The molecule has 0 fully saturated rings. The number of guanidine groups is 1. The van der Waals surface area contributed by atoms with Crippen molar-refractivity contribution in [3.05, 3.63) is 29.6 Å². The maximum Gasteiger partial charge on any atom is 0.191 e. The van der Waals surface area contributed by atoms with E-state index in [1.807, 2.05) is 11.8 Å². The van der Waals surface area contributed by atoms with Gasteiger partial charge in [0.05, 0.1) is 0 Å². The number of unbranched alkanes of at least 4 members (excludes halogenated alkanes) is 1. The Balaban J connectivity index is 0.00000400. The van der Waals surface area contributed by atoms with Crippen LogP contribution in [0.15, 0.2) is 23.2 Å². The number of aromatic hydroxyl groups is 1. The van der Waals surface area contributed by atoms with Crippen molar-refractivity contribution in [3.63, 3.8) is 0 Å². The molecule has 4 nitrogen and oxygen atoms in total. The van der Waals surface area contributed by atoms with Crippen molar-refractivity contribution >= 4 is 41.7 Å². The first-order valence-corrected chi connectivity index (χ1v) is 7.97. The van der Waals surface area contributed by atoms with E-state index in [1.54, 1.807) is 13.1 Å². The van der Waals surface area contributed by atoms with Gasteiger partial charge in [-0.1, -0.05) is 6.07 Å². The lowest BCUT2D eigenvalue weighted by atomic mass is 10.2. The molecule has 0 amide bonds. The molecule has 1 aromatic carbocycles. The maximum absolute atomic E-state index is 13.2. The monoisotopic (exact) mass is 427 g/mol. The molecule has 1 aromatic rings. The lowest BCUT2D eigenvalue weighted by molar-refractivity contribution is 0.431. The molecule has 120 valence electrons. The molecule has 0 aliphatic heterocycles. The second-order valence-corrected chi connectivity index (χ2v) is 5.32. The number of thioether (sulfide) groups is 1. The number of rotatable bonds is 7. The van der Waals surface area contributed by atoms with Crippen LogP contribution in [0.3, 0.4) is 0 Å². The van der Waals surface area contributed by atoms with Gasteiger partial charge in [-0.2, -0.15) is 11.8 Å². The summed E-state index contributed by atoms with van der Waals surface area (Å²) in [4.78, 5) is 4.11. The molecule has 0 unspecified atom stereocenters. The minimum atomic E-state index is -0.607. The van der Waals surface area contributed by atoms with Gasteiger partial charge in [0, 0.05) is 20.1 Å². The fourth-order valence-corrected chi connectivity index (χ4v) is 2.14. The molecular weight excluding hydrogens is 404 g/mol. The third-order valence-corrected chi connectivity index (χ3v) is 3.46. The summed E-state index contributed by atoms with van der Waals surface area (Å²) in [5, 5.41) is 15.4. The third kappa shape index (κ3) is 8.35. The Kier molecular flexibility index (Phi) is 11.5. The van der Waals surface area contributed by atoms with Gasteiger partial charge in [-0.25, -0.2) is 4.39 Å². The largest absolute Gasteiger partial charge is 0.505 e. The first kappa shape index (κ1) is 20.3. The number of halogens is 2. The molecule has 0 saturated heterocycles. The Morgan fingerprint density at radius 1 is 1.33 bits per heavy atom. The van der Waals surface area contributed by atoms with Crippen molar-refractivity contribution in [2.75, 3.05) is 25.6 Å². The van der Waals surface area contributed by atoms with Crippen molar-refractivity contribution in [1.82, 2.24) is 10.6 Å². The zero-order chi connectivity index (χ0) is 14.8. The van der Waals surface area contributed by atoms with Crippen LogP contribution in [0.5, 0.6) is 5.75 Å². The molecule has 0 radical (unpaired) electrons. The van der Waals surface area contributed by atoms with Crippen molar-refractivity contribution in [3.8, 4) is 5.75 Å². The lowest BCUT2D eigenvalue weighted by Gasteiger charge is -2.12. The number of phenols is 1. The second-order valence-electron chi connectivity index (χ2n) is 4.34. The van der Waals surface area contributed by atoms with Crippen molar-refractivity contribution < 1.29 is 9.50 Å². The Labute approximate surface area is 147 Å². The zero-order valence-corrected chi connectivity index (χ0v) is 15.5. The van der Waals surface area contributed by atoms with E-state index < -0.39 is 5.82 Å². The Bertz CT molecular complexity index is 446. The number of hydrogen-bond donors (Lipinski definition) is 3. The van der Waals surface area contributed by atoms with Crippen LogP contribution in [-0.2, 0) is 6.54 Å². The van der Waals surface area contributed by atoms with Crippen LogP contribution in [0.25, 0.3) is 0 Å². The van der Waals surface area contributed by atoms with Crippen LogP contribution in [0.1, 0.15) is 18.4 Å². The van der Waals surface area contributed by atoms with E-state index >= 15 is 0 Å². The van der Waals surface area contributed by atoms with Crippen LogP contribution in [0.2, 0.25) is 0 Å². The van der Waals surface area contributed by atoms with Crippen LogP contribution in [0.4, 0.5) is 4.39 Å². The molecule has 0 heterocycles. The molecule has 0 saturated carbocycles. The Morgan fingerprint density at radius 2 is 2.10 bits per heavy atom. The maximum atomic E-state index is 13.2. The first-order valence-electron chi connectivity index (χ1n) is 6.58. The van der Waals surface area contributed by atoms with Crippen LogP contribution in [0, 0.1) is 5.82 Å². The van der Waals surface area contributed by atoms with Crippen LogP contribution < -0.4 is 10.6 Å². The molecule has 7 heteroatoms. The number of phenolic OH excluding ortho intramolecular Hbond substituents is 1. The topological polar surface area (TPSA) is 56.7 Å². The van der Waals surface area contributed by atoms with Crippen molar-refractivity contribution in [2.45, 2.75) is 19.4 Å². The summed E-state index contributed by atoms with van der Waals surface area (Å²) in [6, 6.07) is 4.34.